The van der Waals surface area contributed by atoms with E-state index in [-0.39, 0.29) is 4.90 Å². The highest BCUT2D eigenvalue weighted by Gasteiger charge is 2.26. The molecule has 0 atom stereocenters. The van der Waals surface area contributed by atoms with E-state index in [0.717, 1.165) is 19.3 Å². The largest absolute Gasteiger partial charge is 0.423 e. The molecule has 0 N–H and O–H groups in total. The van der Waals surface area contributed by atoms with Crippen LogP contribution in [0.5, 0.6) is 5.75 Å². The Morgan fingerprint density at radius 1 is 0.963 bits per heavy atom. The Labute approximate surface area is 158 Å². The van der Waals surface area contributed by atoms with Crippen LogP contribution >= 0.6 is 0 Å². The average molecular weight is 387 g/mol. The fourth-order valence-corrected chi connectivity index (χ4v) is 4.88. The van der Waals surface area contributed by atoms with E-state index >= 15 is 0 Å². The van der Waals surface area contributed by atoms with Crippen molar-refractivity contribution in [2.75, 3.05) is 26.3 Å². The minimum atomic E-state index is -3.57. The number of carbonyl (C=O) groups excluding carboxylic acids is 1. The highest BCUT2D eigenvalue weighted by molar-refractivity contribution is 7.89. The van der Waals surface area contributed by atoms with Gasteiger partial charge in [0.25, 0.3) is 0 Å². The van der Waals surface area contributed by atoms with Gasteiger partial charge in [-0.15, -0.1) is 0 Å². The lowest BCUT2D eigenvalue weighted by Crippen LogP contribution is -2.40. The van der Waals surface area contributed by atoms with Crippen molar-refractivity contribution in [1.82, 2.24) is 4.31 Å². The van der Waals surface area contributed by atoms with Gasteiger partial charge in [-0.1, -0.05) is 6.07 Å². The smallest absolute Gasteiger partial charge is 0.343 e. The van der Waals surface area contributed by atoms with Gasteiger partial charge in [-0.2, -0.15) is 4.31 Å². The zero-order valence-electron chi connectivity index (χ0n) is 14.9. The van der Waals surface area contributed by atoms with Crippen molar-refractivity contribution < 1.29 is 22.7 Å². The van der Waals surface area contributed by atoms with Crippen LogP contribution < -0.4 is 4.74 Å². The summed E-state index contributed by atoms with van der Waals surface area (Å²) in [6.45, 7) is 1.46. The zero-order chi connectivity index (χ0) is 18.9. The van der Waals surface area contributed by atoms with Crippen molar-refractivity contribution in [1.29, 1.82) is 0 Å². The second kappa shape index (κ2) is 7.42. The van der Waals surface area contributed by atoms with Crippen LogP contribution in [-0.2, 0) is 27.6 Å². The third kappa shape index (κ3) is 3.76. The van der Waals surface area contributed by atoms with Crippen LogP contribution in [0.15, 0.2) is 47.4 Å². The van der Waals surface area contributed by atoms with Crippen LogP contribution in [0.1, 0.15) is 27.9 Å². The van der Waals surface area contributed by atoms with E-state index < -0.39 is 16.0 Å². The summed E-state index contributed by atoms with van der Waals surface area (Å²) in [6.07, 6.45) is 3.21. The van der Waals surface area contributed by atoms with Gasteiger partial charge in [-0.3, -0.25) is 0 Å². The Balaban J connectivity index is 1.47. The summed E-state index contributed by atoms with van der Waals surface area (Å²) in [6, 6.07) is 11.6. The van der Waals surface area contributed by atoms with Gasteiger partial charge in [0.15, 0.2) is 0 Å². The summed E-state index contributed by atoms with van der Waals surface area (Å²) in [5, 5.41) is 0. The third-order valence-corrected chi connectivity index (χ3v) is 6.89. The molecule has 0 unspecified atom stereocenters. The monoisotopic (exact) mass is 387 g/mol. The predicted molar refractivity (Wildman–Crippen MR) is 99.4 cm³/mol. The molecule has 1 saturated heterocycles. The molecule has 0 aromatic heterocycles. The van der Waals surface area contributed by atoms with Gasteiger partial charge in [-0.25, -0.2) is 13.2 Å². The van der Waals surface area contributed by atoms with Crippen LogP contribution in [0.25, 0.3) is 0 Å². The molecule has 1 heterocycles. The van der Waals surface area contributed by atoms with Gasteiger partial charge in [0.2, 0.25) is 10.0 Å². The molecule has 0 radical (unpaired) electrons. The molecule has 27 heavy (non-hydrogen) atoms. The number of aryl methyl sites for hydroxylation is 2. The maximum absolute atomic E-state index is 12.6. The van der Waals surface area contributed by atoms with Crippen LogP contribution in [0, 0.1) is 0 Å². The number of carbonyl (C=O) groups is 1. The lowest BCUT2D eigenvalue weighted by Gasteiger charge is -2.26. The molecule has 142 valence electrons. The number of rotatable bonds is 4. The number of morpholine rings is 1. The molecule has 0 spiro atoms. The van der Waals surface area contributed by atoms with Gasteiger partial charge in [0.05, 0.1) is 23.7 Å². The first-order valence-electron chi connectivity index (χ1n) is 9.06. The van der Waals surface area contributed by atoms with Gasteiger partial charge in [0.1, 0.15) is 5.75 Å². The standard InChI is InChI=1S/C20H21NO5S/c22-20(26-18-7-4-15-2-1-3-17(15)14-18)16-5-8-19(9-6-16)27(23,24)21-10-12-25-13-11-21/h4-9,14H,1-3,10-13H2. The third-order valence-electron chi connectivity index (χ3n) is 4.98. The second-order valence-corrected chi connectivity index (χ2v) is 8.65. The topological polar surface area (TPSA) is 72.9 Å². The van der Waals surface area contributed by atoms with Crippen molar-refractivity contribution in [2.24, 2.45) is 0 Å². The normalized spacial score (nSPS) is 17.5. The minimum absolute atomic E-state index is 0.165. The molecule has 1 aliphatic carbocycles. The number of hydrogen-bond donors (Lipinski definition) is 0. The van der Waals surface area contributed by atoms with Gasteiger partial charge in [0, 0.05) is 13.1 Å². The molecule has 2 aliphatic rings. The van der Waals surface area contributed by atoms with Gasteiger partial charge < -0.3 is 9.47 Å². The summed E-state index contributed by atoms with van der Waals surface area (Å²) < 4.78 is 37.3. The molecule has 1 aliphatic heterocycles. The number of nitrogens with zero attached hydrogens (tertiary/aromatic N) is 1. The maximum atomic E-state index is 12.6. The number of hydrogen-bond acceptors (Lipinski definition) is 5. The van der Waals surface area contributed by atoms with E-state index in [9.17, 15) is 13.2 Å². The Morgan fingerprint density at radius 3 is 2.41 bits per heavy atom. The lowest BCUT2D eigenvalue weighted by atomic mass is 10.1. The van der Waals surface area contributed by atoms with E-state index in [1.54, 1.807) is 6.07 Å². The van der Waals surface area contributed by atoms with Gasteiger partial charge >= 0.3 is 5.97 Å². The van der Waals surface area contributed by atoms with Crippen LogP contribution in [0.3, 0.4) is 0 Å². The molecule has 0 amide bonds. The SMILES string of the molecule is O=C(Oc1ccc2c(c1)CCC2)c1ccc(S(=O)(=O)N2CCOCC2)cc1. The number of esters is 1. The summed E-state index contributed by atoms with van der Waals surface area (Å²) in [5.41, 5.74) is 2.86. The fraction of sp³-hybridized carbons (Fsp3) is 0.350. The van der Waals surface area contributed by atoms with E-state index in [2.05, 4.69) is 0 Å². The van der Waals surface area contributed by atoms with Crippen molar-refractivity contribution in [3.63, 3.8) is 0 Å². The molecule has 1 fully saturated rings. The van der Waals surface area contributed by atoms with E-state index in [1.807, 2.05) is 12.1 Å². The molecule has 2 aromatic rings. The van der Waals surface area contributed by atoms with Crippen LogP contribution in [0.2, 0.25) is 0 Å². The summed E-state index contributed by atoms with van der Waals surface area (Å²) in [4.78, 5) is 12.5. The first-order chi connectivity index (χ1) is 13.0. The van der Waals surface area contributed by atoms with Crippen LogP contribution in [0.4, 0.5) is 0 Å². The summed E-state index contributed by atoms with van der Waals surface area (Å²) in [5.74, 6) is 0.0222. The average Bonchev–Trinajstić information content (AvgIpc) is 3.16. The Hall–Kier alpha value is -2.22. The van der Waals surface area contributed by atoms with E-state index in [1.165, 1.54) is 39.7 Å². The second-order valence-electron chi connectivity index (χ2n) is 6.71. The number of ether oxygens (including phenoxy) is 2. The fourth-order valence-electron chi connectivity index (χ4n) is 3.48. The van der Waals surface area contributed by atoms with Crippen LogP contribution in [-0.4, -0.2) is 45.0 Å². The minimum Gasteiger partial charge on any atom is -0.423 e. The van der Waals surface area contributed by atoms with Crippen molar-refractivity contribution in [2.45, 2.75) is 24.2 Å². The number of fused-ring (bicyclic) bond motifs is 1. The van der Waals surface area contributed by atoms with E-state index in [0.29, 0.717) is 37.6 Å². The van der Waals surface area contributed by atoms with Crippen molar-refractivity contribution >= 4 is 16.0 Å². The Morgan fingerprint density at radius 2 is 1.67 bits per heavy atom. The van der Waals surface area contributed by atoms with Crippen molar-refractivity contribution in [3.8, 4) is 5.75 Å². The molecule has 0 saturated carbocycles. The molecule has 2 aromatic carbocycles. The quantitative estimate of drug-likeness (QED) is 0.595. The molecule has 0 bridgehead atoms. The molecular weight excluding hydrogens is 366 g/mol. The highest BCUT2D eigenvalue weighted by Crippen LogP contribution is 2.26. The Bertz CT molecular complexity index is 947. The first kappa shape index (κ1) is 18.2. The molecular formula is C20H21NO5S. The molecule has 6 nitrogen and oxygen atoms in total. The maximum Gasteiger partial charge on any atom is 0.343 e. The highest BCUT2D eigenvalue weighted by atomic mass is 32.2. The van der Waals surface area contributed by atoms with E-state index in [4.69, 9.17) is 9.47 Å². The number of sulfonamides is 1. The first-order valence-corrected chi connectivity index (χ1v) is 10.5. The predicted octanol–water partition coefficient (Wildman–Crippen LogP) is 2.42. The van der Waals surface area contributed by atoms with Gasteiger partial charge in [-0.05, 0) is 66.8 Å². The summed E-state index contributed by atoms with van der Waals surface area (Å²) >= 11 is 0. The Kier molecular flexibility index (Phi) is 4.99. The molecule has 7 heteroatoms. The molecule has 4 rings (SSSR count). The lowest BCUT2D eigenvalue weighted by molar-refractivity contribution is 0.0730. The summed E-state index contributed by atoms with van der Waals surface area (Å²) in [7, 11) is -3.57. The number of benzene rings is 2. The van der Waals surface area contributed by atoms with Crippen molar-refractivity contribution in [3.05, 3.63) is 59.2 Å². The zero-order valence-corrected chi connectivity index (χ0v) is 15.7.